The molecule has 1 fully saturated rings. The van der Waals surface area contributed by atoms with Crippen LogP contribution in [0.5, 0.6) is 17.2 Å². The molecule has 0 spiro atoms. The highest BCUT2D eigenvalue weighted by molar-refractivity contribution is 8.26. The molecule has 194 valence electrons. The summed E-state index contributed by atoms with van der Waals surface area (Å²) in [6.45, 7) is 6.42. The van der Waals surface area contributed by atoms with Crippen molar-refractivity contribution in [1.82, 2.24) is 4.90 Å². The average Bonchev–Trinajstić information content (AvgIpc) is 3.45. The maximum Gasteiger partial charge on any atom is 0.266 e. The fraction of sp³-hybridized carbons (Fsp3) is 0.207. The van der Waals surface area contributed by atoms with E-state index in [4.69, 9.17) is 26.4 Å². The van der Waals surface area contributed by atoms with Crippen molar-refractivity contribution >= 4 is 51.9 Å². The van der Waals surface area contributed by atoms with Crippen LogP contribution in [0.3, 0.4) is 0 Å². The van der Waals surface area contributed by atoms with Crippen LogP contribution < -0.4 is 19.5 Å². The molecule has 0 saturated carbocycles. The summed E-state index contributed by atoms with van der Waals surface area (Å²) in [5.41, 5.74) is 5.74. The number of hydrogen-bond donors (Lipinski definition) is 1. The Bertz CT molecular complexity index is 1440. The second kappa shape index (κ2) is 10.9. The Morgan fingerprint density at radius 2 is 1.76 bits per heavy atom. The highest BCUT2D eigenvalue weighted by Crippen LogP contribution is 2.36. The van der Waals surface area contributed by atoms with Gasteiger partial charge in [-0.1, -0.05) is 59.9 Å². The molecule has 0 aromatic heterocycles. The van der Waals surface area contributed by atoms with Crippen molar-refractivity contribution in [3.05, 3.63) is 87.3 Å². The van der Waals surface area contributed by atoms with Crippen molar-refractivity contribution in [3.8, 4) is 17.2 Å². The third-order valence-corrected chi connectivity index (χ3v) is 7.52. The zero-order valence-electron chi connectivity index (χ0n) is 21.2. The Labute approximate surface area is 230 Å². The van der Waals surface area contributed by atoms with Gasteiger partial charge < -0.3 is 19.5 Å². The molecule has 9 heteroatoms. The molecule has 3 aromatic rings. The van der Waals surface area contributed by atoms with Crippen LogP contribution in [0.15, 0.2) is 59.5 Å². The van der Waals surface area contributed by atoms with Crippen LogP contribution in [0.25, 0.3) is 6.08 Å². The Balaban J connectivity index is 1.18. The molecule has 7 nitrogen and oxygen atoms in total. The molecule has 1 N–H and O–H groups in total. The lowest BCUT2D eigenvalue weighted by Gasteiger charge is -2.14. The standard InChI is InChI=1S/C29H26N2O5S2/c1-17-10-18(2)27(19(3)11-17)30-26(32)15-34-22-7-4-20(5-8-22)13-25-28(33)31(29(37)38-25)14-21-6-9-23-24(12-21)36-16-35-23/h4-13H,14-16H2,1-3H3,(H,30,32)/b25-13-. The number of hydrogen-bond acceptors (Lipinski definition) is 7. The molecule has 2 heterocycles. The number of aryl methyl sites for hydroxylation is 3. The lowest BCUT2D eigenvalue weighted by molar-refractivity contribution is -0.122. The number of benzene rings is 3. The van der Waals surface area contributed by atoms with Gasteiger partial charge in [-0.2, -0.15) is 0 Å². The number of amides is 2. The van der Waals surface area contributed by atoms with Crippen LogP contribution in [0, 0.1) is 20.8 Å². The number of carbonyl (C=O) groups excluding carboxylic acids is 2. The van der Waals surface area contributed by atoms with Gasteiger partial charge >= 0.3 is 0 Å². The Kier molecular flexibility index (Phi) is 7.40. The van der Waals surface area contributed by atoms with Gasteiger partial charge in [0.2, 0.25) is 6.79 Å². The first-order chi connectivity index (χ1) is 18.3. The number of thioether (sulfide) groups is 1. The molecular formula is C29H26N2O5S2. The van der Waals surface area contributed by atoms with Crippen molar-refractivity contribution in [3.63, 3.8) is 0 Å². The topological polar surface area (TPSA) is 77.1 Å². The molecule has 3 aromatic carbocycles. The molecule has 1 saturated heterocycles. The molecule has 0 bridgehead atoms. The quantitative estimate of drug-likeness (QED) is 0.298. The van der Waals surface area contributed by atoms with Gasteiger partial charge in [0.1, 0.15) is 10.1 Å². The van der Waals surface area contributed by atoms with E-state index in [0.717, 1.165) is 33.5 Å². The van der Waals surface area contributed by atoms with E-state index < -0.39 is 0 Å². The van der Waals surface area contributed by atoms with Crippen LogP contribution in [0.1, 0.15) is 27.8 Å². The van der Waals surface area contributed by atoms with Gasteiger partial charge in [-0.15, -0.1) is 0 Å². The van der Waals surface area contributed by atoms with E-state index in [0.29, 0.717) is 33.0 Å². The summed E-state index contributed by atoms with van der Waals surface area (Å²) in [6, 6.07) is 16.9. The SMILES string of the molecule is Cc1cc(C)c(NC(=O)COc2ccc(/C=C3\SC(=S)N(Cc4ccc5c(c4)OCO5)C3=O)cc2)c(C)c1. The summed E-state index contributed by atoms with van der Waals surface area (Å²) in [5, 5.41) is 2.93. The number of anilines is 1. The summed E-state index contributed by atoms with van der Waals surface area (Å²) in [4.78, 5) is 27.6. The third-order valence-electron chi connectivity index (χ3n) is 6.14. The first kappa shape index (κ1) is 25.8. The maximum atomic E-state index is 13.0. The summed E-state index contributed by atoms with van der Waals surface area (Å²) in [7, 11) is 0. The number of fused-ring (bicyclic) bond motifs is 1. The van der Waals surface area contributed by atoms with Crippen LogP contribution >= 0.6 is 24.0 Å². The van der Waals surface area contributed by atoms with Crippen LogP contribution in [0.2, 0.25) is 0 Å². The fourth-order valence-electron chi connectivity index (χ4n) is 4.37. The number of carbonyl (C=O) groups is 2. The lowest BCUT2D eigenvalue weighted by atomic mass is 10.1. The molecule has 38 heavy (non-hydrogen) atoms. The molecule has 0 radical (unpaired) electrons. The first-order valence-electron chi connectivity index (χ1n) is 12.0. The molecule has 0 atom stereocenters. The van der Waals surface area contributed by atoms with Crippen molar-refractivity contribution in [1.29, 1.82) is 0 Å². The Hall–Kier alpha value is -3.82. The van der Waals surface area contributed by atoms with Crippen LogP contribution in [-0.2, 0) is 16.1 Å². The van der Waals surface area contributed by atoms with E-state index in [2.05, 4.69) is 5.32 Å². The Morgan fingerprint density at radius 3 is 2.50 bits per heavy atom. The molecular weight excluding hydrogens is 520 g/mol. The number of nitrogens with one attached hydrogen (secondary N) is 1. The number of rotatable bonds is 7. The predicted octanol–water partition coefficient (Wildman–Crippen LogP) is 5.76. The predicted molar refractivity (Wildman–Crippen MR) is 153 cm³/mol. The van der Waals surface area contributed by atoms with Crippen molar-refractivity contribution in [2.24, 2.45) is 0 Å². The fourth-order valence-corrected chi connectivity index (χ4v) is 5.63. The zero-order valence-corrected chi connectivity index (χ0v) is 22.8. The van der Waals surface area contributed by atoms with E-state index in [1.165, 1.54) is 11.8 Å². The van der Waals surface area contributed by atoms with E-state index in [1.807, 2.05) is 63.2 Å². The second-order valence-electron chi connectivity index (χ2n) is 9.14. The van der Waals surface area contributed by atoms with Gasteiger partial charge in [-0.3, -0.25) is 14.5 Å². The number of thiocarbonyl (C=S) groups is 1. The third kappa shape index (κ3) is 5.69. The molecule has 2 amide bonds. The smallest absolute Gasteiger partial charge is 0.266 e. The zero-order chi connectivity index (χ0) is 26.8. The monoisotopic (exact) mass is 546 g/mol. The summed E-state index contributed by atoms with van der Waals surface area (Å²) in [5.74, 6) is 1.56. The number of ether oxygens (including phenoxy) is 3. The summed E-state index contributed by atoms with van der Waals surface area (Å²) in [6.07, 6.45) is 1.80. The highest BCUT2D eigenvalue weighted by Gasteiger charge is 2.32. The van der Waals surface area contributed by atoms with Crippen molar-refractivity contribution in [2.45, 2.75) is 27.3 Å². The second-order valence-corrected chi connectivity index (χ2v) is 10.8. The molecule has 0 aliphatic carbocycles. The van der Waals surface area contributed by atoms with Gasteiger partial charge in [0.05, 0.1) is 11.4 Å². The van der Waals surface area contributed by atoms with Gasteiger partial charge in [-0.25, -0.2) is 0 Å². The highest BCUT2D eigenvalue weighted by atomic mass is 32.2. The van der Waals surface area contributed by atoms with Crippen LogP contribution in [0.4, 0.5) is 5.69 Å². The average molecular weight is 547 g/mol. The van der Waals surface area contributed by atoms with Gasteiger partial charge in [0.15, 0.2) is 18.1 Å². The first-order valence-corrected chi connectivity index (χ1v) is 13.2. The van der Waals surface area contributed by atoms with Gasteiger partial charge in [-0.05, 0) is 73.4 Å². The Morgan fingerprint density at radius 1 is 1.05 bits per heavy atom. The lowest BCUT2D eigenvalue weighted by Crippen LogP contribution is -2.27. The van der Waals surface area contributed by atoms with Gasteiger partial charge in [0, 0.05) is 5.69 Å². The number of nitrogens with zero attached hydrogens (tertiary/aromatic N) is 1. The summed E-state index contributed by atoms with van der Waals surface area (Å²) >= 11 is 6.74. The molecule has 5 rings (SSSR count). The minimum Gasteiger partial charge on any atom is -0.484 e. The van der Waals surface area contributed by atoms with Gasteiger partial charge in [0.25, 0.3) is 11.8 Å². The van der Waals surface area contributed by atoms with Crippen molar-refractivity contribution < 1.29 is 23.8 Å². The van der Waals surface area contributed by atoms with E-state index >= 15 is 0 Å². The maximum absolute atomic E-state index is 13.0. The van der Waals surface area contributed by atoms with Crippen LogP contribution in [-0.4, -0.2) is 34.4 Å². The molecule has 2 aliphatic rings. The van der Waals surface area contributed by atoms with E-state index in [1.54, 1.807) is 23.1 Å². The van der Waals surface area contributed by atoms with E-state index in [-0.39, 0.29) is 25.2 Å². The minimum atomic E-state index is -0.227. The minimum absolute atomic E-state index is 0.107. The van der Waals surface area contributed by atoms with E-state index in [9.17, 15) is 9.59 Å². The largest absolute Gasteiger partial charge is 0.484 e. The van der Waals surface area contributed by atoms with Crippen molar-refractivity contribution in [2.75, 3.05) is 18.7 Å². The molecule has 2 aliphatic heterocycles. The summed E-state index contributed by atoms with van der Waals surface area (Å²) < 4.78 is 17.0. The normalized spacial score (nSPS) is 15.3. The molecule has 0 unspecified atom stereocenters.